The van der Waals surface area contributed by atoms with E-state index in [2.05, 4.69) is 43.0 Å². The van der Waals surface area contributed by atoms with Crippen LogP contribution in [0.5, 0.6) is 0 Å². The topological polar surface area (TPSA) is 29.3 Å². The Labute approximate surface area is 130 Å². The first-order chi connectivity index (χ1) is 10.2. The van der Waals surface area contributed by atoms with Gasteiger partial charge in [0.05, 0.1) is 0 Å². The van der Waals surface area contributed by atoms with Crippen LogP contribution in [0.3, 0.4) is 0 Å². The summed E-state index contributed by atoms with van der Waals surface area (Å²) >= 11 is 0. The molecule has 0 saturated heterocycles. The standard InChI is InChI=1S/C19H32N2/c1-16(2)12-14-21(19-5-3-4-6-19)15-18-9-7-17(8-10-18)11-13-20/h7-10,16,19H,3-6,11-15,20H2,1-2H3. The van der Waals surface area contributed by atoms with Crippen molar-refractivity contribution < 1.29 is 0 Å². The van der Waals surface area contributed by atoms with Crippen LogP contribution in [0.25, 0.3) is 0 Å². The van der Waals surface area contributed by atoms with E-state index in [0.29, 0.717) is 0 Å². The number of hydrogen-bond donors (Lipinski definition) is 1. The molecular formula is C19H32N2. The third kappa shape index (κ3) is 5.44. The van der Waals surface area contributed by atoms with Crippen molar-refractivity contribution in [3.63, 3.8) is 0 Å². The summed E-state index contributed by atoms with van der Waals surface area (Å²) in [6.07, 6.45) is 7.91. The maximum atomic E-state index is 5.62. The molecule has 1 aromatic carbocycles. The highest BCUT2D eigenvalue weighted by Crippen LogP contribution is 2.25. The second-order valence-corrected chi connectivity index (χ2v) is 6.95. The van der Waals surface area contributed by atoms with E-state index in [1.807, 2.05) is 0 Å². The predicted molar refractivity (Wildman–Crippen MR) is 91.3 cm³/mol. The van der Waals surface area contributed by atoms with E-state index in [-0.39, 0.29) is 0 Å². The predicted octanol–water partition coefficient (Wildman–Crippen LogP) is 3.98. The molecule has 0 aromatic heterocycles. The Morgan fingerprint density at radius 2 is 1.71 bits per heavy atom. The number of nitrogens with zero attached hydrogens (tertiary/aromatic N) is 1. The molecule has 1 aromatic rings. The van der Waals surface area contributed by atoms with Gasteiger partial charge in [0.2, 0.25) is 0 Å². The van der Waals surface area contributed by atoms with Crippen LogP contribution in [0.4, 0.5) is 0 Å². The monoisotopic (exact) mass is 288 g/mol. The van der Waals surface area contributed by atoms with Gasteiger partial charge in [0.1, 0.15) is 0 Å². The molecule has 0 heterocycles. The highest BCUT2D eigenvalue weighted by Gasteiger charge is 2.22. The fraction of sp³-hybridized carbons (Fsp3) is 0.684. The number of hydrogen-bond acceptors (Lipinski definition) is 2. The van der Waals surface area contributed by atoms with Crippen LogP contribution in [0.2, 0.25) is 0 Å². The Hall–Kier alpha value is -0.860. The van der Waals surface area contributed by atoms with E-state index in [9.17, 15) is 0 Å². The fourth-order valence-corrected chi connectivity index (χ4v) is 3.30. The minimum atomic E-state index is 0.738. The average Bonchev–Trinajstić information content (AvgIpc) is 2.99. The summed E-state index contributed by atoms with van der Waals surface area (Å²) in [7, 11) is 0. The van der Waals surface area contributed by atoms with Crippen molar-refractivity contribution in [1.29, 1.82) is 0 Å². The Kier molecular flexibility index (Phi) is 6.72. The Morgan fingerprint density at radius 1 is 1.10 bits per heavy atom. The first kappa shape index (κ1) is 16.5. The largest absolute Gasteiger partial charge is 0.330 e. The van der Waals surface area contributed by atoms with Gasteiger partial charge in [-0.25, -0.2) is 0 Å². The third-order valence-corrected chi connectivity index (χ3v) is 4.68. The van der Waals surface area contributed by atoms with Crippen LogP contribution < -0.4 is 5.73 Å². The molecule has 0 radical (unpaired) electrons. The third-order valence-electron chi connectivity index (χ3n) is 4.68. The van der Waals surface area contributed by atoms with Crippen LogP contribution >= 0.6 is 0 Å². The van der Waals surface area contributed by atoms with Crippen LogP contribution in [0.15, 0.2) is 24.3 Å². The van der Waals surface area contributed by atoms with Crippen molar-refractivity contribution in [1.82, 2.24) is 4.90 Å². The van der Waals surface area contributed by atoms with Crippen molar-refractivity contribution in [2.75, 3.05) is 13.1 Å². The number of benzene rings is 1. The van der Waals surface area contributed by atoms with Gasteiger partial charge in [-0.3, -0.25) is 4.90 Å². The van der Waals surface area contributed by atoms with Crippen molar-refractivity contribution in [2.45, 2.75) is 65.0 Å². The molecule has 2 rings (SSSR count). The van der Waals surface area contributed by atoms with Crippen LogP contribution in [0, 0.1) is 5.92 Å². The highest BCUT2D eigenvalue weighted by atomic mass is 15.2. The molecule has 1 saturated carbocycles. The molecule has 2 heteroatoms. The molecule has 0 unspecified atom stereocenters. The van der Waals surface area contributed by atoms with E-state index in [1.165, 1.54) is 49.8 Å². The molecule has 1 aliphatic carbocycles. The second kappa shape index (κ2) is 8.55. The molecule has 0 aliphatic heterocycles. The van der Waals surface area contributed by atoms with Gasteiger partial charge in [0.25, 0.3) is 0 Å². The zero-order valence-electron chi connectivity index (χ0n) is 13.9. The van der Waals surface area contributed by atoms with Crippen LogP contribution in [-0.4, -0.2) is 24.0 Å². The molecule has 0 bridgehead atoms. The molecule has 0 amide bonds. The molecule has 1 aliphatic rings. The maximum absolute atomic E-state index is 5.62. The van der Waals surface area contributed by atoms with E-state index in [1.54, 1.807) is 0 Å². The van der Waals surface area contributed by atoms with Crippen LogP contribution in [-0.2, 0) is 13.0 Å². The lowest BCUT2D eigenvalue weighted by molar-refractivity contribution is 0.179. The summed E-state index contributed by atoms with van der Waals surface area (Å²) in [6, 6.07) is 9.90. The SMILES string of the molecule is CC(C)CCN(Cc1ccc(CCN)cc1)C1CCCC1. The average molecular weight is 288 g/mol. The quantitative estimate of drug-likeness (QED) is 0.784. The van der Waals surface area contributed by atoms with E-state index >= 15 is 0 Å². The zero-order chi connectivity index (χ0) is 15.1. The molecule has 2 N–H and O–H groups in total. The molecule has 21 heavy (non-hydrogen) atoms. The van der Waals surface area contributed by atoms with Gasteiger partial charge in [-0.1, -0.05) is 51.0 Å². The van der Waals surface area contributed by atoms with Crippen LogP contribution in [0.1, 0.15) is 57.1 Å². The second-order valence-electron chi connectivity index (χ2n) is 6.95. The summed E-state index contributed by atoms with van der Waals surface area (Å²) < 4.78 is 0. The summed E-state index contributed by atoms with van der Waals surface area (Å²) in [5, 5.41) is 0. The van der Waals surface area contributed by atoms with E-state index in [0.717, 1.165) is 31.5 Å². The van der Waals surface area contributed by atoms with Crippen molar-refractivity contribution in [2.24, 2.45) is 11.7 Å². The first-order valence-electron chi connectivity index (χ1n) is 8.71. The minimum absolute atomic E-state index is 0.738. The number of nitrogens with two attached hydrogens (primary N) is 1. The van der Waals surface area contributed by atoms with Gasteiger partial charge < -0.3 is 5.73 Å². The van der Waals surface area contributed by atoms with Gasteiger partial charge in [-0.15, -0.1) is 0 Å². The lowest BCUT2D eigenvalue weighted by Gasteiger charge is -2.29. The lowest BCUT2D eigenvalue weighted by atomic mass is 10.1. The van der Waals surface area contributed by atoms with Gasteiger partial charge in [0.15, 0.2) is 0 Å². The zero-order valence-corrected chi connectivity index (χ0v) is 13.9. The Balaban J connectivity index is 1.95. The lowest BCUT2D eigenvalue weighted by Crippen LogP contribution is -2.34. The molecule has 2 nitrogen and oxygen atoms in total. The molecule has 118 valence electrons. The highest BCUT2D eigenvalue weighted by molar-refractivity contribution is 5.22. The summed E-state index contributed by atoms with van der Waals surface area (Å²) in [4.78, 5) is 2.73. The molecule has 1 fully saturated rings. The van der Waals surface area contributed by atoms with Crippen molar-refractivity contribution >= 4 is 0 Å². The number of rotatable bonds is 8. The normalized spacial score (nSPS) is 16.2. The van der Waals surface area contributed by atoms with Gasteiger partial charge >= 0.3 is 0 Å². The van der Waals surface area contributed by atoms with Crippen molar-refractivity contribution in [3.05, 3.63) is 35.4 Å². The van der Waals surface area contributed by atoms with Gasteiger partial charge in [-0.05, 0) is 55.8 Å². The minimum Gasteiger partial charge on any atom is -0.330 e. The Bertz CT molecular complexity index is 391. The fourth-order valence-electron chi connectivity index (χ4n) is 3.30. The van der Waals surface area contributed by atoms with E-state index < -0.39 is 0 Å². The Morgan fingerprint density at radius 3 is 2.29 bits per heavy atom. The first-order valence-corrected chi connectivity index (χ1v) is 8.71. The summed E-state index contributed by atoms with van der Waals surface area (Å²) in [5.41, 5.74) is 8.43. The molecular weight excluding hydrogens is 256 g/mol. The van der Waals surface area contributed by atoms with E-state index in [4.69, 9.17) is 5.73 Å². The van der Waals surface area contributed by atoms with Gasteiger partial charge in [0, 0.05) is 12.6 Å². The van der Waals surface area contributed by atoms with Gasteiger partial charge in [-0.2, -0.15) is 0 Å². The molecule has 0 spiro atoms. The smallest absolute Gasteiger partial charge is 0.0236 e. The molecule has 0 atom stereocenters. The summed E-state index contributed by atoms with van der Waals surface area (Å²) in [6.45, 7) is 7.75. The summed E-state index contributed by atoms with van der Waals surface area (Å²) in [5.74, 6) is 0.792. The van der Waals surface area contributed by atoms with Crippen molar-refractivity contribution in [3.8, 4) is 0 Å². The maximum Gasteiger partial charge on any atom is 0.0236 e.